The van der Waals surface area contributed by atoms with Crippen LogP contribution in [0.15, 0.2) is 72.6 Å². The van der Waals surface area contributed by atoms with E-state index in [2.05, 4.69) is 0 Å². The van der Waals surface area contributed by atoms with Crippen molar-refractivity contribution < 1.29 is 23.5 Å². The second kappa shape index (κ2) is 7.50. The monoisotopic (exact) mass is 427 g/mol. The molecule has 0 unspecified atom stereocenters. The van der Waals surface area contributed by atoms with Crippen LogP contribution in [0, 0.1) is 12.7 Å². The molecule has 5 rings (SSSR count). The topological polar surface area (TPSA) is 57.5 Å². The van der Waals surface area contributed by atoms with Crippen LogP contribution in [0.1, 0.15) is 31.8 Å². The van der Waals surface area contributed by atoms with Gasteiger partial charge in [0.25, 0.3) is 0 Å². The van der Waals surface area contributed by atoms with Crippen LogP contribution in [0.2, 0.25) is 0 Å². The molecule has 1 aromatic heterocycles. The molecule has 0 aliphatic carbocycles. The van der Waals surface area contributed by atoms with E-state index < -0.39 is 11.8 Å². The molecule has 0 radical (unpaired) electrons. The zero-order chi connectivity index (χ0) is 22.4. The molecule has 0 saturated heterocycles. The zero-order valence-electron chi connectivity index (χ0n) is 17.4. The summed E-state index contributed by atoms with van der Waals surface area (Å²) in [6.07, 6.45) is 3.67. The largest absolute Gasteiger partial charge is 0.452 e. The van der Waals surface area contributed by atoms with Crippen LogP contribution in [0.4, 0.5) is 4.39 Å². The minimum Gasteiger partial charge on any atom is -0.452 e. The fourth-order valence-electron chi connectivity index (χ4n) is 3.88. The molecule has 2 heterocycles. The van der Waals surface area contributed by atoms with E-state index in [4.69, 9.17) is 9.47 Å². The number of rotatable bonds is 3. The molecule has 0 fully saturated rings. The lowest BCUT2D eigenvalue weighted by Gasteiger charge is -2.10. The lowest BCUT2D eigenvalue weighted by Crippen LogP contribution is -2.09. The molecule has 6 heteroatoms. The summed E-state index contributed by atoms with van der Waals surface area (Å²) in [5.41, 5.74) is 2.93. The molecular formula is C26H18FNO4. The number of esters is 1. The summed E-state index contributed by atoms with van der Waals surface area (Å²) >= 11 is 0. The van der Waals surface area contributed by atoms with E-state index in [1.807, 2.05) is 42.1 Å². The molecule has 0 spiro atoms. The summed E-state index contributed by atoms with van der Waals surface area (Å²) in [6.45, 7) is 1.71. The summed E-state index contributed by atoms with van der Waals surface area (Å²) in [7, 11) is 1.94. The van der Waals surface area contributed by atoms with Gasteiger partial charge in [0.05, 0.1) is 11.1 Å². The Balaban J connectivity index is 1.47. The van der Waals surface area contributed by atoms with E-state index in [-0.39, 0.29) is 22.9 Å². The summed E-state index contributed by atoms with van der Waals surface area (Å²) in [5, 5.41) is 1.01. The number of nitrogens with zero attached hydrogens (tertiary/aromatic N) is 1. The number of carbonyl (C=O) groups is 2. The van der Waals surface area contributed by atoms with E-state index in [0.29, 0.717) is 16.9 Å². The second-order valence-corrected chi connectivity index (χ2v) is 7.62. The van der Waals surface area contributed by atoms with E-state index in [1.54, 1.807) is 25.1 Å². The first-order valence-electron chi connectivity index (χ1n) is 10.0. The number of aromatic nitrogens is 1. The van der Waals surface area contributed by atoms with Crippen molar-refractivity contribution in [1.29, 1.82) is 0 Å². The Labute approximate surface area is 183 Å². The Morgan fingerprint density at radius 2 is 1.91 bits per heavy atom. The molecule has 32 heavy (non-hydrogen) atoms. The van der Waals surface area contributed by atoms with Crippen molar-refractivity contribution >= 4 is 28.7 Å². The highest BCUT2D eigenvalue weighted by molar-refractivity contribution is 6.15. The third kappa shape index (κ3) is 3.26. The molecule has 0 N–H and O–H groups in total. The average Bonchev–Trinajstić information content (AvgIpc) is 3.28. The highest BCUT2D eigenvalue weighted by Crippen LogP contribution is 2.40. The number of Topliss-reactive ketones (excluding diaryl/α,β-unsaturated/α-hetero) is 1. The Hall–Kier alpha value is -4.19. The number of hydrogen-bond acceptors (Lipinski definition) is 4. The quantitative estimate of drug-likeness (QED) is 0.247. The van der Waals surface area contributed by atoms with E-state index in [1.165, 1.54) is 18.2 Å². The molecule has 3 aromatic carbocycles. The molecule has 0 bridgehead atoms. The van der Waals surface area contributed by atoms with Gasteiger partial charge in [0.15, 0.2) is 5.76 Å². The Morgan fingerprint density at radius 3 is 2.72 bits per heavy atom. The minimum absolute atomic E-state index is 0.0958. The van der Waals surface area contributed by atoms with Gasteiger partial charge in [-0.3, -0.25) is 4.79 Å². The van der Waals surface area contributed by atoms with Crippen LogP contribution in [0.5, 0.6) is 11.5 Å². The molecule has 4 aromatic rings. The molecule has 0 amide bonds. The lowest BCUT2D eigenvalue weighted by molar-refractivity contribution is 0.0732. The fourth-order valence-corrected chi connectivity index (χ4v) is 3.88. The van der Waals surface area contributed by atoms with Crippen LogP contribution >= 0.6 is 0 Å². The number of ketones is 1. The first-order valence-corrected chi connectivity index (χ1v) is 10.0. The number of fused-ring (bicyclic) bond motifs is 2. The van der Waals surface area contributed by atoms with Gasteiger partial charge >= 0.3 is 5.97 Å². The van der Waals surface area contributed by atoms with Gasteiger partial charge in [-0.2, -0.15) is 0 Å². The van der Waals surface area contributed by atoms with Crippen molar-refractivity contribution in [2.45, 2.75) is 6.92 Å². The average molecular weight is 427 g/mol. The molecular weight excluding hydrogens is 409 g/mol. The number of ether oxygens (including phenoxy) is 2. The van der Waals surface area contributed by atoms with E-state index >= 15 is 0 Å². The summed E-state index contributed by atoms with van der Waals surface area (Å²) in [4.78, 5) is 25.3. The number of allylic oxidation sites excluding steroid dienone is 1. The number of para-hydroxylation sites is 1. The lowest BCUT2D eigenvalue weighted by atomic mass is 10.1. The van der Waals surface area contributed by atoms with Crippen LogP contribution < -0.4 is 9.47 Å². The van der Waals surface area contributed by atoms with Gasteiger partial charge in [-0.1, -0.05) is 24.3 Å². The normalized spacial score (nSPS) is 14.0. The smallest absolute Gasteiger partial charge is 0.343 e. The standard InChI is InChI=1S/C26H18FNO4/c1-15-22(32-26(30)16-6-5-7-18(27)12-16)11-10-20-24(29)23(31-25(15)20)13-17-14-28(2)21-9-4-3-8-19(17)21/h3-14H,1-2H3/b23-13-. The van der Waals surface area contributed by atoms with Crippen LogP contribution in [-0.4, -0.2) is 16.3 Å². The first kappa shape index (κ1) is 19.8. The van der Waals surface area contributed by atoms with Crippen molar-refractivity contribution in [3.05, 3.63) is 101 Å². The predicted molar refractivity (Wildman–Crippen MR) is 118 cm³/mol. The SMILES string of the molecule is Cc1c(OC(=O)c2cccc(F)c2)ccc2c1O/C(=C\c1cn(C)c3ccccc13)C2=O. The highest BCUT2D eigenvalue weighted by Gasteiger charge is 2.31. The van der Waals surface area contributed by atoms with Gasteiger partial charge in [-0.05, 0) is 49.4 Å². The number of aryl methyl sites for hydroxylation is 1. The van der Waals surface area contributed by atoms with Crippen molar-refractivity contribution in [1.82, 2.24) is 4.57 Å². The molecule has 1 aliphatic rings. The van der Waals surface area contributed by atoms with Crippen LogP contribution in [0.25, 0.3) is 17.0 Å². The Bertz CT molecular complexity index is 1450. The number of carbonyl (C=O) groups excluding carboxylic acids is 2. The minimum atomic E-state index is -0.691. The van der Waals surface area contributed by atoms with Gasteiger partial charge in [-0.15, -0.1) is 0 Å². The maximum atomic E-state index is 13.4. The van der Waals surface area contributed by atoms with Crippen molar-refractivity contribution in [3.63, 3.8) is 0 Å². The highest BCUT2D eigenvalue weighted by atomic mass is 19.1. The van der Waals surface area contributed by atoms with Gasteiger partial charge < -0.3 is 14.0 Å². The van der Waals surface area contributed by atoms with Gasteiger partial charge in [0, 0.05) is 35.3 Å². The molecule has 0 atom stereocenters. The zero-order valence-corrected chi connectivity index (χ0v) is 17.4. The Kier molecular flexibility index (Phi) is 4.63. The molecule has 158 valence electrons. The van der Waals surface area contributed by atoms with Crippen LogP contribution in [-0.2, 0) is 7.05 Å². The number of hydrogen-bond donors (Lipinski definition) is 0. The van der Waals surface area contributed by atoms with Crippen LogP contribution in [0.3, 0.4) is 0 Å². The van der Waals surface area contributed by atoms with Crippen molar-refractivity contribution in [3.8, 4) is 11.5 Å². The maximum Gasteiger partial charge on any atom is 0.343 e. The maximum absolute atomic E-state index is 13.4. The van der Waals surface area contributed by atoms with Gasteiger partial charge in [0.2, 0.25) is 5.78 Å². The molecule has 0 saturated carbocycles. The molecule has 5 nitrogen and oxygen atoms in total. The second-order valence-electron chi connectivity index (χ2n) is 7.62. The molecule has 1 aliphatic heterocycles. The summed E-state index contributed by atoms with van der Waals surface area (Å²) in [5.74, 6) is -0.652. The van der Waals surface area contributed by atoms with Crippen molar-refractivity contribution in [2.24, 2.45) is 7.05 Å². The van der Waals surface area contributed by atoms with E-state index in [9.17, 15) is 14.0 Å². The third-order valence-electron chi connectivity index (χ3n) is 5.51. The number of halogens is 1. The third-order valence-corrected chi connectivity index (χ3v) is 5.51. The van der Waals surface area contributed by atoms with E-state index in [0.717, 1.165) is 22.5 Å². The summed E-state index contributed by atoms with van der Waals surface area (Å²) < 4.78 is 26.8. The van der Waals surface area contributed by atoms with Crippen molar-refractivity contribution in [2.75, 3.05) is 0 Å². The predicted octanol–water partition coefficient (Wildman–Crippen LogP) is 5.46. The summed E-state index contributed by atoms with van der Waals surface area (Å²) in [6, 6.07) is 16.3. The van der Waals surface area contributed by atoms with Gasteiger partial charge in [0.1, 0.15) is 17.3 Å². The fraction of sp³-hybridized carbons (Fsp3) is 0.0769. The Morgan fingerprint density at radius 1 is 1.09 bits per heavy atom. The number of benzene rings is 3. The first-order chi connectivity index (χ1) is 15.4. The van der Waals surface area contributed by atoms with Gasteiger partial charge in [-0.25, -0.2) is 9.18 Å².